The first-order valence-corrected chi connectivity index (χ1v) is 10.6. The number of unbranched alkanes of at least 4 members (excludes halogenated alkanes) is 15. The van der Waals surface area contributed by atoms with E-state index in [-0.39, 0.29) is 51.4 Å². The Morgan fingerprint density at radius 1 is 0.720 bits per heavy atom. The summed E-state index contributed by atoms with van der Waals surface area (Å²) in [5, 5.41) is 11.8. The van der Waals surface area contributed by atoms with E-state index in [0.29, 0.717) is 0 Å². The van der Waals surface area contributed by atoms with Gasteiger partial charge in [0.1, 0.15) is 6.04 Å². The molecule has 0 saturated heterocycles. The predicted molar refractivity (Wildman–Crippen MR) is 112 cm³/mol. The van der Waals surface area contributed by atoms with Crippen LogP contribution in [0, 0.1) is 0 Å². The van der Waals surface area contributed by atoms with Crippen LogP contribution in [0.5, 0.6) is 0 Å². The molecule has 3 nitrogen and oxygen atoms in total. The molecular formula is C21H44KNO2. The molecule has 0 aromatic heterocycles. The van der Waals surface area contributed by atoms with Gasteiger partial charge in [-0.1, -0.05) is 103 Å². The zero-order chi connectivity index (χ0) is 17.9. The van der Waals surface area contributed by atoms with Crippen molar-refractivity contribution < 1.29 is 9.90 Å². The summed E-state index contributed by atoms with van der Waals surface area (Å²) in [5.41, 5.74) is 0. The fourth-order valence-electron chi connectivity index (χ4n) is 3.08. The molecular weight excluding hydrogens is 337 g/mol. The molecule has 0 heterocycles. The van der Waals surface area contributed by atoms with E-state index in [2.05, 4.69) is 12.2 Å². The summed E-state index contributed by atoms with van der Waals surface area (Å²) in [7, 11) is 0. The number of rotatable bonds is 19. The van der Waals surface area contributed by atoms with Gasteiger partial charge < -0.3 is 10.4 Å². The minimum absolute atomic E-state index is 0. The first-order chi connectivity index (χ1) is 11.7. The third kappa shape index (κ3) is 23.0. The van der Waals surface area contributed by atoms with Crippen molar-refractivity contribution in [2.45, 2.75) is 123 Å². The van der Waals surface area contributed by atoms with Crippen molar-refractivity contribution in [1.29, 1.82) is 0 Å². The molecule has 0 aliphatic carbocycles. The van der Waals surface area contributed by atoms with Gasteiger partial charge in [-0.05, 0) is 19.9 Å². The van der Waals surface area contributed by atoms with E-state index in [0.717, 1.165) is 13.0 Å². The van der Waals surface area contributed by atoms with Gasteiger partial charge in [-0.15, -0.1) is 0 Å². The summed E-state index contributed by atoms with van der Waals surface area (Å²) in [6.07, 6.45) is 21.9. The van der Waals surface area contributed by atoms with Gasteiger partial charge in [0.15, 0.2) is 0 Å². The molecule has 0 unspecified atom stereocenters. The number of carboxylic acids is 1. The molecule has 0 bridgehead atoms. The SMILES string of the molecule is CCCCCCCCCCCCCCCCCCN[C@@H](C)C(=O)O.[KH]. The Hall–Kier alpha value is 1.07. The fraction of sp³-hybridized carbons (Fsp3) is 0.952. The summed E-state index contributed by atoms with van der Waals surface area (Å²) in [4.78, 5) is 10.6. The standard InChI is InChI=1S/C21H43NO2.K.H/c1-3-4-5-6-7-8-9-10-11-12-13-14-15-16-17-18-19-22-20(2)21(23)24;;/h20,22H,3-19H2,1-2H3,(H,23,24);;/t20-;;/m0../s1. The number of hydrogen-bond acceptors (Lipinski definition) is 2. The molecule has 146 valence electrons. The summed E-state index contributed by atoms with van der Waals surface area (Å²) >= 11 is 0. The van der Waals surface area contributed by atoms with Crippen molar-refractivity contribution in [3.8, 4) is 0 Å². The van der Waals surface area contributed by atoms with E-state index < -0.39 is 12.0 Å². The molecule has 0 aliphatic heterocycles. The van der Waals surface area contributed by atoms with E-state index in [4.69, 9.17) is 5.11 Å². The van der Waals surface area contributed by atoms with Crippen molar-refractivity contribution in [3.05, 3.63) is 0 Å². The molecule has 0 saturated carbocycles. The van der Waals surface area contributed by atoms with Crippen LogP contribution < -0.4 is 5.32 Å². The first kappa shape index (κ1) is 28.3. The van der Waals surface area contributed by atoms with Crippen LogP contribution in [0.25, 0.3) is 0 Å². The van der Waals surface area contributed by atoms with Gasteiger partial charge in [0.25, 0.3) is 0 Å². The summed E-state index contributed by atoms with van der Waals surface area (Å²) in [6.45, 7) is 4.81. The zero-order valence-corrected chi connectivity index (χ0v) is 16.5. The second-order valence-electron chi connectivity index (χ2n) is 7.32. The molecule has 0 radical (unpaired) electrons. The Morgan fingerprint density at radius 2 is 1.04 bits per heavy atom. The second-order valence-corrected chi connectivity index (χ2v) is 7.32. The molecule has 0 rings (SSSR count). The van der Waals surface area contributed by atoms with Crippen molar-refractivity contribution in [1.82, 2.24) is 5.32 Å². The van der Waals surface area contributed by atoms with Crippen LogP contribution in [-0.2, 0) is 4.79 Å². The molecule has 0 spiro atoms. The Bertz CT molecular complexity index is 275. The first-order valence-electron chi connectivity index (χ1n) is 10.6. The summed E-state index contributed by atoms with van der Waals surface area (Å²) < 4.78 is 0. The topological polar surface area (TPSA) is 49.3 Å². The fourth-order valence-corrected chi connectivity index (χ4v) is 3.08. The van der Waals surface area contributed by atoms with Gasteiger partial charge in [-0.25, -0.2) is 0 Å². The molecule has 0 aromatic rings. The van der Waals surface area contributed by atoms with Crippen molar-refractivity contribution >= 4 is 57.4 Å². The average Bonchev–Trinajstić information content (AvgIpc) is 2.57. The monoisotopic (exact) mass is 381 g/mol. The maximum absolute atomic E-state index is 10.6. The van der Waals surface area contributed by atoms with Crippen LogP contribution in [0.2, 0.25) is 0 Å². The number of nitrogens with one attached hydrogen (secondary N) is 1. The molecule has 0 aromatic carbocycles. The van der Waals surface area contributed by atoms with Crippen LogP contribution in [0.15, 0.2) is 0 Å². The van der Waals surface area contributed by atoms with Gasteiger partial charge in [0, 0.05) is 0 Å². The number of carbonyl (C=O) groups is 1. The van der Waals surface area contributed by atoms with Gasteiger partial charge >= 0.3 is 57.4 Å². The molecule has 25 heavy (non-hydrogen) atoms. The Labute approximate surface area is 199 Å². The third-order valence-corrected chi connectivity index (χ3v) is 4.85. The number of hydrogen-bond donors (Lipinski definition) is 2. The van der Waals surface area contributed by atoms with E-state index in [9.17, 15) is 4.79 Å². The van der Waals surface area contributed by atoms with E-state index in [1.807, 2.05) is 0 Å². The maximum atomic E-state index is 10.6. The molecule has 0 aliphatic rings. The Kier molecular flexibility index (Phi) is 26.1. The normalized spacial score (nSPS) is 11.9. The van der Waals surface area contributed by atoms with Crippen molar-refractivity contribution in [2.75, 3.05) is 6.54 Å². The summed E-state index contributed by atoms with van der Waals surface area (Å²) in [5.74, 6) is -0.758. The van der Waals surface area contributed by atoms with Gasteiger partial charge in [-0.3, -0.25) is 4.79 Å². The number of aliphatic carboxylic acids is 1. The van der Waals surface area contributed by atoms with Gasteiger partial charge in [0.05, 0.1) is 0 Å². The van der Waals surface area contributed by atoms with Gasteiger partial charge in [0.2, 0.25) is 0 Å². The average molecular weight is 382 g/mol. The minimum atomic E-state index is -0.758. The van der Waals surface area contributed by atoms with Crippen molar-refractivity contribution in [2.24, 2.45) is 0 Å². The molecule has 2 N–H and O–H groups in total. The molecule has 0 fully saturated rings. The second kappa shape index (κ2) is 23.1. The van der Waals surface area contributed by atoms with Gasteiger partial charge in [-0.2, -0.15) is 0 Å². The third-order valence-electron chi connectivity index (χ3n) is 4.85. The zero-order valence-electron chi connectivity index (χ0n) is 16.5. The van der Waals surface area contributed by atoms with Crippen LogP contribution in [-0.4, -0.2) is 75.0 Å². The van der Waals surface area contributed by atoms with Crippen LogP contribution in [0.3, 0.4) is 0 Å². The Balaban J connectivity index is 0. The van der Waals surface area contributed by atoms with E-state index in [1.54, 1.807) is 6.92 Å². The van der Waals surface area contributed by atoms with Crippen LogP contribution >= 0.6 is 0 Å². The summed E-state index contributed by atoms with van der Waals surface area (Å²) in [6, 6.07) is -0.415. The van der Waals surface area contributed by atoms with E-state index >= 15 is 0 Å². The Morgan fingerprint density at radius 3 is 1.36 bits per heavy atom. The quantitative estimate of drug-likeness (QED) is 0.224. The number of carboxylic acid groups (broad SMARTS) is 1. The molecule has 0 amide bonds. The predicted octanol–water partition coefficient (Wildman–Crippen LogP) is 5.66. The van der Waals surface area contributed by atoms with E-state index in [1.165, 1.54) is 96.3 Å². The van der Waals surface area contributed by atoms with Crippen LogP contribution in [0.4, 0.5) is 0 Å². The molecule has 1 atom stereocenters. The van der Waals surface area contributed by atoms with Crippen molar-refractivity contribution in [3.63, 3.8) is 0 Å². The van der Waals surface area contributed by atoms with Crippen LogP contribution in [0.1, 0.15) is 117 Å². The molecule has 4 heteroatoms.